The summed E-state index contributed by atoms with van der Waals surface area (Å²) >= 11 is 0. The Balaban J connectivity index is 1.40. The van der Waals surface area contributed by atoms with Crippen molar-refractivity contribution >= 4 is 38.6 Å². The van der Waals surface area contributed by atoms with Crippen molar-refractivity contribution in [1.29, 1.82) is 0 Å². The number of fused-ring (bicyclic) bond motifs is 2. The van der Waals surface area contributed by atoms with Crippen LogP contribution in [0, 0.1) is 0 Å². The molecule has 180 valence electrons. The number of imidazole rings is 1. The number of hydrogen-bond donors (Lipinski definition) is 0. The average molecular weight is 485 g/mol. The van der Waals surface area contributed by atoms with Gasteiger partial charge in [0, 0.05) is 39.8 Å². The van der Waals surface area contributed by atoms with Crippen molar-refractivity contribution in [1.82, 2.24) is 13.9 Å². The summed E-state index contributed by atoms with van der Waals surface area (Å²) in [5, 5.41) is 0. The molecule has 3 aromatic rings. The van der Waals surface area contributed by atoms with E-state index in [1.807, 2.05) is 35.9 Å². The number of para-hydroxylation sites is 1. The Labute approximate surface area is 199 Å². The van der Waals surface area contributed by atoms with Crippen LogP contribution >= 0.6 is 0 Å². The number of amides is 1. The second-order valence-electron chi connectivity index (χ2n) is 8.53. The molecule has 2 aromatic carbocycles. The molecule has 4 rings (SSSR count). The lowest BCUT2D eigenvalue weighted by Gasteiger charge is -2.21. The minimum atomic E-state index is -3.57. The number of hydrogen-bond acceptors (Lipinski definition) is 6. The van der Waals surface area contributed by atoms with E-state index in [1.54, 1.807) is 24.0 Å². The molecule has 1 atom stereocenters. The Morgan fingerprint density at radius 3 is 2.65 bits per heavy atom. The second kappa shape index (κ2) is 9.19. The van der Waals surface area contributed by atoms with Crippen LogP contribution in [0.3, 0.4) is 0 Å². The van der Waals surface area contributed by atoms with E-state index >= 15 is 0 Å². The molecule has 0 bridgehead atoms. The fraction of sp³-hybridized carbons (Fsp3) is 0.375. The first-order valence-electron chi connectivity index (χ1n) is 11.1. The van der Waals surface area contributed by atoms with E-state index in [0.29, 0.717) is 24.3 Å². The third-order valence-corrected chi connectivity index (χ3v) is 7.90. The number of aromatic nitrogens is 2. The van der Waals surface area contributed by atoms with Crippen molar-refractivity contribution in [3.05, 3.63) is 53.9 Å². The lowest BCUT2D eigenvalue weighted by molar-refractivity contribution is -0.153. The van der Waals surface area contributed by atoms with Gasteiger partial charge in [-0.05, 0) is 43.2 Å². The average Bonchev–Trinajstić information content (AvgIpc) is 3.37. The van der Waals surface area contributed by atoms with Crippen molar-refractivity contribution in [2.24, 2.45) is 7.05 Å². The van der Waals surface area contributed by atoms with Gasteiger partial charge in [-0.25, -0.2) is 17.7 Å². The zero-order chi connectivity index (χ0) is 24.6. The minimum absolute atomic E-state index is 0.0498. The first-order chi connectivity index (χ1) is 16.1. The molecule has 1 aliphatic rings. The Morgan fingerprint density at radius 2 is 1.91 bits per heavy atom. The lowest BCUT2D eigenvalue weighted by atomic mass is 10.2. The third-order valence-electron chi connectivity index (χ3n) is 6.09. The van der Waals surface area contributed by atoms with Crippen LogP contribution in [0.1, 0.15) is 24.7 Å². The van der Waals surface area contributed by atoms with E-state index < -0.39 is 22.1 Å². The van der Waals surface area contributed by atoms with Crippen LogP contribution < -0.4 is 4.90 Å². The normalized spacial score (nSPS) is 14.4. The monoisotopic (exact) mass is 484 g/mol. The van der Waals surface area contributed by atoms with Crippen LogP contribution in [0.2, 0.25) is 0 Å². The summed E-state index contributed by atoms with van der Waals surface area (Å²) in [6.07, 6.45) is 0.242. The molecule has 0 radical (unpaired) electrons. The van der Waals surface area contributed by atoms with E-state index in [9.17, 15) is 18.0 Å². The Morgan fingerprint density at radius 1 is 1.18 bits per heavy atom. The van der Waals surface area contributed by atoms with Gasteiger partial charge in [0.05, 0.1) is 22.3 Å². The van der Waals surface area contributed by atoms with Crippen molar-refractivity contribution in [3.8, 4) is 0 Å². The zero-order valence-corrected chi connectivity index (χ0v) is 20.5. The third kappa shape index (κ3) is 4.43. The number of benzene rings is 2. The summed E-state index contributed by atoms with van der Waals surface area (Å²) in [4.78, 5) is 31.6. The number of esters is 1. The largest absolute Gasteiger partial charge is 0.453 e. The van der Waals surface area contributed by atoms with Crippen LogP contribution in [0.15, 0.2) is 47.4 Å². The molecule has 0 aliphatic carbocycles. The maximum Gasteiger partial charge on any atom is 0.307 e. The van der Waals surface area contributed by atoms with Gasteiger partial charge in [-0.2, -0.15) is 0 Å². The van der Waals surface area contributed by atoms with E-state index in [0.717, 1.165) is 27.5 Å². The number of ether oxygens (including phenoxy) is 1. The maximum absolute atomic E-state index is 12.8. The first kappa shape index (κ1) is 23.9. The van der Waals surface area contributed by atoms with Crippen molar-refractivity contribution in [2.45, 2.75) is 37.2 Å². The standard InChI is InChI=1S/C24H28N4O5S/c1-16(24(30)28-14-13-17-7-5-6-8-20(17)28)33-23(29)12-11-22-25-19-15-18(34(31,32)26(2)3)9-10-21(19)27(22)4/h5-10,15-16H,11-14H2,1-4H3. The fourth-order valence-electron chi connectivity index (χ4n) is 4.13. The zero-order valence-electron chi connectivity index (χ0n) is 19.7. The molecule has 1 amide bonds. The number of rotatable bonds is 7. The van der Waals surface area contributed by atoms with Gasteiger partial charge in [0.15, 0.2) is 6.10 Å². The van der Waals surface area contributed by atoms with Crippen molar-refractivity contribution in [2.75, 3.05) is 25.5 Å². The van der Waals surface area contributed by atoms with E-state index in [-0.39, 0.29) is 17.2 Å². The van der Waals surface area contributed by atoms with E-state index in [1.165, 1.54) is 20.2 Å². The molecule has 10 heteroatoms. The van der Waals surface area contributed by atoms with Gasteiger partial charge >= 0.3 is 5.97 Å². The lowest BCUT2D eigenvalue weighted by Crippen LogP contribution is -2.39. The number of carbonyl (C=O) groups is 2. The summed E-state index contributed by atoms with van der Waals surface area (Å²) in [7, 11) is 1.19. The van der Waals surface area contributed by atoms with Crippen LogP contribution in [0.4, 0.5) is 5.69 Å². The summed E-state index contributed by atoms with van der Waals surface area (Å²) in [6, 6.07) is 12.5. The maximum atomic E-state index is 12.8. The fourth-order valence-corrected chi connectivity index (χ4v) is 5.05. The van der Waals surface area contributed by atoms with Gasteiger partial charge in [-0.15, -0.1) is 0 Å². The Kier molecular flexibility index (Phi) is 6.46. The number of anilines is 1. The van der Waals surface area contributed by atoms with Crippen LogP contribution in [0.5, 0.6) is 0 Å². The molecular weight excluding hydrogens is 456 g/mol. The van der Waals surface area contributed by atoms with E-state index in [2.05, 4.69) is 4.98 Å². The molecule has 0 N–H and O–H groups in total. The highest BCUT2D eigenvalue weighted by Crippen LogP contribution is 2.28. The quantitative estimate of drug-likeness (QED) is 0.477. The van der Waals surface area contributed by atoms with Gasteiger partial charge < -0.3 is 14.2 Å². The highest BCUT2D eigenvalue weighted by Gasteiger charge is 2.29. The van der Waals surface area contributed by atoms with Gasteiger partial charge in [0.25, 0.3) is 5.91 Å². The summed E-state index contributed by atoms with van der Waals surface area (Å²) in [5.74, 6) is -0.106. The Bertz CT molecular complexity index is 1360. The molecular formula is C24H28N4O5S. The van der Waals surface area contributed by atoms with Crippen molar-refractivity contribution in [3.63, 3.8) is 0 Å². The van der Waals surface area contributed by atoms with Crippen LogP contribution in [-0.2, 0) is 44.2 Å². The first-order valence-corrected chi connectivity index (χ1v) is 12.5. The molecule has 9 nitrogen and oxygen atoms in total. The molecule has 34 heavy (non-hydrogen) atoms. The summed E-state index contributed by atoms with van der Waals surface area (Å²) in [5.41, 5.74) is 3.27. The predicted molar refractivity (Wildman–Crippen MR) is 128 cm³/mol. The van der Waals surface area contributed by atoms with Crippen LogP contribution in [-0.4, -0.2) is 60.9 Å². The highest BCUT2D eigenvalue weighted by molar-refractivity contribution is 7.89. The molecule has 0 saturated carbocycles. The minimum Gasteiger partial charge on any atom is -0.453 e. The SMILES string of the molecule is CC(OC(=O)CCc1nc2cc(S(=O)(=O)N(C)C)ccc2n1C)C(=O)N1CCc2ccccc21. The smallest absolute Gasteiger partial charge is 0.307 e. The molecule has 1 aromatic heterocycles. The molecule has 0 saturated heterocycles. The summed E-state index contributed by atoms with van der Waals surface area (Å²) in [6.45, 7) is 2.16. The van der Waals surface area contributed by atoms with Gasteiger partial charge in [-0.1, -0.05) is 18.2 Å². The molecule has 0 fully saturated rings. The second-order valence-corrected chi connectivity index (χ2v) is 10.7. The van der Waals surface area contributed by atoms with Gasteiger partial charge in [-0.3, -0.25) is 9.59 Å². The number of aryl methyl sites for hydroxylation is 2. The Hall–Kier alpha value is -3.24. The number of nitrogens with zero attached hydrogens (tertiary/aromatic N) is 4. The van der Waals surface area contributed by atoms with Crippen molar-refractivity contribution < 1.29 is 22.7 Å². The van der Waals surface area contributed by atoms with Gasteiger partial charge in [0.2, 0.25) is 10.0 Å². The number of carbonyl (C=O) groups excluding carboxylic acids is 2. The predicted octanol–water partition coefficient (Wildman–Crippen LogP) is 2.28. The topological polar surface area (TPSA) is 102 Å². The number of sulfonamides is 1. The molecule has 2 heterocycles. The molecule has 1 aliphatic heterocycles. The highest BCUT2D eigenvalue weighted by atomic mass is 32.2. The van der Waals surface area contributed by atoms with Gasteiger partial charge in [0.1, 0.15) is 5.82 Å². The molecule has 1 unspecified atom stereocenters. The van der Waals surface area contributed by atoms with E-state index in [4.69, 9.17) is 4.74 Å². The summed E-state index contributed by atoms with van der Waals surface area (Å²) < 4.78 is 33.2. The van der Waals surface area contributed by atoms with Crippen LogP contribution in [0.25, 0.3) is 11.0 Å². The molecule has 0 spiro atoms.